The molecule has 0 saturated heterocycles. The fourth-order valence-electron chi connectivity index (χ4n) is 3.55. The summed E-state index contributed by atoms with van der Waals surface area (Å²) < 4.78 is 10.2. The summed E-state index contributed by atoms with van der Waals surface area (Å²) in [5.41, 5.74) is 2.14. The number of aryl methyl sites for hydroxylation is 2. The van der Waals surface area contributed by atoms with Crippen molar-refractivity contribution in [3.8, 4) is 5.75 Å². The zero-order chi connectivity index (χ0) is 17.7. The van der Waals surface area contributed by atoms with Crippen LogP contribution in [0.1, 0.15) is 48.8 Å². The van der Waals surface area contributed by atoms with Gasteiger partial charge in [-0.2, -0.15) is 0 Å². The number of amides is 1. The van der Waals surface area contributed by atoms with E-state index in [0.717, 1.165) is 41.7 Å². The maximum absolute atomic E-state index is 12.6. The highest BCUT2D eigenvalue weighted by atomic mass is 16.5. The average Bonchev–Trinajstić information content (AvgIpc) is 2.57. The van der Waals surface area contributed by atoms with E-state index >= 15 is 0 Å². The summed E-state index contributed by atoms with van der Waals surface area (Å²) in [7, 11) is 3.01. The first-order valence-corrected chi connectivity index (χ1v) is 8.45. The molecular weight excluding hydrogens is 306 g/mol. The predicted molar refractivity (Wildman–Crippen MR) is 92.1 cm³/mol. The molecule has 0 unspecified atom stereocenters. The van der Waals surface area contributed by atoms with Crippen LogP contribution in [0.5, 0.6) is 5.75 Å². The first kappa shape index (κ1) is 18.3. The fourth-order valence-corrected chi connectivity index (χ4v) is 3.55. The summed E-state index contributed by atoms with van der Waals surface area (Å²) in [5.74, 6) is 0.310. The maximum atomic E-state index is 12.6. The zero-order valence-corrected chi connectivity index (χ0v) is 15.0. The molecule has 5 nitrogen and oxygen atoms in total. The van der Waals surface area contributed by atoms with Crippen molar-refractivity contribution in [2.45, 2.75) is 57.9 Å². The summed E-state index contributed by atoms with van der Waals surface area (Å²) in [5, 5.41) is 2.97. The van der Waals surface area contributed by atoms with Crippen molar-refractivity contribution in [3.05, 3.63) is 28.8 Å². The second-order valence-corrected chi connectivity index (χ2v) is 6.60. The van der Waals surface area contributed by atoms with Crippen LogP contribution < -0.4 is 10.1 Å². The second-order valence-electron chi connectivity index (χ2n) is 6.60. The number of ether oxygens (including phenoxy) is 2. The van der Waals surface area contributed by atoms with Crippen LogP contribution in [0.25, 0.3) is 0 Å². The lowest BCUT2D eigenvalue weighted by atomic mass is 9.81. The van der Waals surface area contributed by atoms with Crippen molar-refractivity contribution >= 4 is 11.9 Å². The number of rotatable bonds is 5. The van der Waals surface area contributed by atoms with Crippen LogP contribution in [0.2, 0.25) is 0 Å². The van der Waals surface area contributed by atoms with Gasteiger partial charge in [0, 0.05) is 0 Å². The Morgan fingerprint density at radius 2 is 1.67 bits per heavy atom. The van der Waals surface area contributed by atoms with E-state index in [-0.39, 0.29) is 18.3 Å². The predicted octanol–water partition coefficient (Wildman–Crippen LogP) is 2.85. The molecule has 1 saturated carbocycles. The number of nitrogens with one attached hydrogen (secondary N) is 1. The van der Waals surface area contributed by atoms with Crippen LogP contribution in [-0.2, 0) is 20.7 Å². The van der Waals surface area contributed by atoms with Gasteiger partial charge in [0.25, 0.3) is 0 Å². The van der Waals surface area contributed by atoms with Crippen LogP contribution in [0.4, 0.5) is 0 Å². The molecule has 0 spiro atoms. The van der Waals surface area contributed by atoms with E-state index in [2.05, 4.69) is 5.32 Å². The van der Waals surface area contributed by atoms with Gasteiger partial charge >= 0.3 is 5.97 Å². The van der Waals surface area contributed by atoms with Crippen LogP contribution in [-0.4, -0.2) is 31.6 Å². The SMILES string of the molecule is COC(=O)C1(NC(=O)Cc2c(C)cc(OC)cc2C)CCCCC1. The summed E-state index contributed by atoms with van der Waals surface area (Å²) in [6.07, 6.45) is 4.48. The number of hydrogen-bond donors (Lipinski definition) is 1. The van der Waals surface area contributed by atoms with Gasteiger partial charge in [0.2, 0.25) is 5.91 Å². The summed E-state index contributed by atoms with van der Waals surface area (Å²) in [6, 6.07) is 3.85. The molecule has 0 atom stereocenters. The Balaban J connectivity index is 2.16. The normalized spacial score (nSPS) is 16.3. The molecule has 1 aliphatic rings. The van der Waals surface area contributed by atoms with Gasteiger partial charge in [-0.25, -0.2) is 4.79 Å². The van der Waals surface area contributed by atoms with Crippen molar-refractivity contribution in [1.82, 2.24) is 5.32 Å². The molecular formula is C19H27NO4. The summed E-state index contributed by atoms with van der Waals surface area (Å²) >= 11 is 0. The van der Waals surface area contributed by atoms with E-state index in [9.17, 15) is 9.59 Å². The molecule has 0 heterocycles. The monoisotopic (exact) mass is 333 g/mol. The Morgan fingerprint density at radius 1 is 1.08 bits per heavy atom. The largest absolute Gasteiger partial charge is 0.497 e. The minimum atomic E-state index is -0.863. The number of carbonyl (C=O) groups excluding carboxylic acids is 2. The van der Waals surface area contributed by atoms with Gasteiger partial charge in [0.05, 0.1) is 20.6 Å². The van der Waals surface area contributed by atoms with Crippen molar-refractivity contribution < 1.29 is 19.1 Å². The molecule has 1 amide bonds. The Morgan fingerprint density at radius 3 is 2.17 bits per heavy atom. The molecule has 24 heavy (non-hydrogen) atoms. The summed E-state index contributed by atoms with van der Waals surface area (Å²) in [4.78, 5) is 24.9. The minimum absolute atomic E-state index is 0.140. The van der Waals surface area contributed by atoms with Crippen molar-refractivity contribution in [2.24, 2.45) is 0 Å². The molecule has 0 bridgehead atoms. The zero-order valence-electron chi connectivity index (χ0n) is 15.0. The molecule has 0 aromatic heterocycles. The number of esters is 1. The molecule has 1 aliphatic carbocycles. The highest BCUT2D eigenvalue weighted by molar-refractivity contribution is 5.89. The highest BCUT2D eigenvalue weighted by Crippen LogP contribution is 2.30. The van der Waals surface area contributed by atoms with Crippen molar-refractivity contribution in [1.29, 1.82) is 0 Å². The van der Waals surface area contributed by atoms with Gasteiger partial charge in [-0.1, -0.05) is 19.3 Å². The lowest BCUT2D eigenvalue weighted by Gasteiger charge is -2.35. The first-order chi connectivity index (χ1) is 11.4. The van der Waals surface area contributed by atoms with Crippen LogP contribution in [0, 0.1) is 13.8 Å². The number of benzene rings is 1. The average molecular weight is 333 g/mol. The van der Waals surface area contributed by atoms with E-state index in [1.165, 1.54) is 7.11 Å². The highest BCUT2D eigenvalue weighted by Gasteiger charge is 2.41. The quantitative estimate of drug-likeness (QED) is 0.842. The van der Waals surface area contributed by atoms with Gasteiger partial charge in [0.1, 0.15) is 11.3 Å². The van der Waals surface area contributed by atoms with Crippen molar-refractivity contribution in [2.75, 3.05) is 14.2 Å². The van der Waals surface area contributed by atoms with Crippen LogP contribution in [0.15, 0.2) is 12.1 Å². The minimum Gasteiger partial charge on any atom is -0.497 e. The third kappa shape index (κ3) is 3.89. The van der Waals surface area contributed by atoms with Gasteiger partial charge in [0.15, 0.2) is 0 Å². The topological polar surface area (TPSA) is 64.6 Å². The second kappa shape index (κ2) is 7.69. The molecule has 132 valence electrons. The lowest BCUT2D eigenvalue weighted by molar-refractivity contribution is -0.152. The Bertz CT molecular complexity index is 595. The fraction of sp³-hybridized carbons (Fsp3) is 0.579. The molecule has 1 aromatic rings. The molecule has 1 N–H and O–H groups in total. The molecule has 0 radical (unpaired) electrons. The summed E-state index contributed by atoms with van der Waals surface area (Å²) in [6.45, 7) is 3.93. The van der Waals surface area contributed by atoms with Gasteiger partial charge in [-0.3, -0.25) is 4.79 Å². The Kier molecular flexibility index (Phi) is 5.86. The van der Waals surface area contributed by atoms with Gasteiger partial charge in [-0.05, 0) is 55.5 Å². The Labute approximate surface area is 143 Å². The standard InChI is InChI=1S/C19H27NO4/c1-13-10-15(23-3)11-14(2)16(13)12-17(21)20-19(18(22)24-4)8-6-5-7-9-19/h10-11H,5-9,12H2,1-4H3,(H,20,21). The van der Waals surface area contributed by atoms with Gasteiger partial charge in [-0.15, -0.1) is 0 Å². The van der Waals surface area contributed by atoms with Gasteiger partial charge < -0.3 is 14.8 Å². The third-order valence-electron chi connectivity index (χ3n) is 4.90. The number of methoxy groups -OCH3 is 2. The lowest BCUT2D eigenvalue weighted by Crippen LogP contribution is -2.56. The molecule has 0 aliphatic heterocycles. The number of hydrogen-bond acceptors (Lipinski definition) is 4. The van der Waals surface area contributed by atoms with Crippen molar-refractivity contribution in [3.63, 3.8) is 0 Å². The van der Waals surface area contributed by atoms with E-state index in [4.69, 9.17) is 9.47 Å². The smallest absolute Gasteiger partial charge is 0.331 e. The molecule has 2 rings (SSSR count). The Hall–Kier alpha value is -2.04. The van der Waals surface area contributed by atoms with E-state index in [1.807, 2.05) is 26.0 Å². The molecule has 1 aromatic carbocycles. The third-order valence-corrected chi connectivity index (χ3v) is 4.90. The molecule has 1 fully saturated rings. The van der Waals surface area contributed by atoms with E-state index in [0.29, 0.717) is 12.8 Å². The van der Waals surface area contributed by atoms with Crippen LogP contribution >= 0.6 is 0 Å². The van der Waals surface area contributed by atoms with E-state index < -0.39 is 5.54 Å². The van der Waals surface area contributed by atoms with Crippen LogP contribution in [0.3, 0.4) is 0 Å². The first-order valence-electron chi connectivity index (χ1n) is 8.45. The maximum Gasteiger partial charge on any atom is 0.331 e. The van der Waals surface area contributed by atoms with E-state index in [1.54, 1.807) is 7.11 Å². The number of carbonyl (C=O) groups is 2. The molecule has 5 heteroatoms.